The zero-order valence-electron chi connectivity index (χ0n) is 16.8. The number of hydrogen-bond donors (Lipinski definition) is 1. The quantitative estimate of drug-likeness (QED) is 0.702. The van der Waals surface area contributed by atoms with Gasteiger partial charge in [0.2, 0.25) is 5.91 Å². The number of benzene rings is 2. The van der Waals surface area contributed by atoms with Gasteiger partial charge in [-0.1, -0.05) is 30.3 Å². The summed E-state index contributed by atoms with van der Waals surface area (Å²) < 4.78 is 5.15. The third kappa shape index (κ3) is 4.34. The molecule has 1 atom stereocenters. The molecule has 28 heavy (non-hydrogen) atoms. The van der Waals surface area contributed by atoms with Crippen LogP contribution in [0.25, 0.3) is 0 Å². The van der Waals surface area contributed by atoms with Crippen molar-refractivity contribution < 1.29 is 9.53 Å². The number of nitrogens with zero attached hydrogens (tertiary/aromatic N) is 1. The first kappa shape index (κ1) is 20.7. The average molecular weight is 401 g/mol. The van der Waals surface area contributed by atoms with Gasteiger partial charge in [-0.25, -0.2) is 0 Å². The molecule has 150 valence electrons. The summed E-state index contributed by atoms with van der Waals surface area (Å²) in [5.74, 6) is 0.805. The number of amides is 1. The highest BCUT2D eigenvalue weighted by Crippen LogP contribution is 2.44. The van der Waals surface area contributed by atoms with E-state index in [1.807, 2.05) is 24.3 Å². The van der Waals surface area contributed by atoms with Crippen molar-refractivity contribution in [3.8, 4) is 5.75 Å². The number of nitrogens with one attached hydrogen (secondary N) is 1. The molecule has 0 spiro atoms. The smallest absolute Gasteiger partial charge is 0.242 e. The maximum Gasteiger partial charge on any atom is 0.242 e. The summed E-state index contributed by atoms with van der Waals surface area (Å²) in [6.45, 7) is 0. The van der Waals surface area contributed by atoms with E-state index < -0.39 is 5.38 Å². The molecule has 0 saturated heterocycles. The first-order valence-electron chi connectivity index (χ1n) is 9.78. The van der Waals surface area contributed by atoms with Crippen LogP contribution in [0.4, 0.5) is 5.69 Å². The second-order valence-electron chi connectivity index (χ2n) is 7.75. The number of carbonyl (C=O) groups excluding carboxylic acids is 1. The molecule has 0 radical (unpaired) electrons. The van der Waals surface area contributed by atoms with E-state index >= 15 is 0 Å². The Morgan fingerprint density at radius 2 is 1.71 bits per heavy atom. The molecule has 1 aliphatic rings. The molecule has 2 aromatic rings. The van der Waals surface area contributed by atoms with E-state index in [9.17, 15) is 4.79 Å². The van der Waals surface area contributed by atoms with Crippen LogP contribution in [0.2, 0.25) is 0 Å². The summed E-state index contributed by atoms with van der Waals surface area (Å²) in [4.78, 5) is 15.0. The Morgan fingerprint density at radius 1 is 1.11 bits per heavy atom. The van der Waals surface area contributed by atoms with Crippen LogP contribution in [0.3, 0.4) is 0 Å². The first-order chi connectivity index (χ1) is 13.5. The Morgan fingerprint density at radius 3 is 2.25 bits per heavy atom. The van der Waals surface area contributed by atoms with Gasteiger partial charge in [0.25, 0.3) is 0 Å². The fourth-order valence-electron chi connectivity index (χ4n) is 4.25. The van der Waals surface area contributed by atoms with Gasteiger partial charge in [0.05, 0.1) is 7.11 Å². The summed E-state index contributed by atoms with van der Waals surface area (Å²) in [6.07, 6.45) is 3.84. The molecule has 1 fully saturated rings. The van der Waals surface area contributed by atoms with E-state index in [0.29, 0.717) is 0 Å². The van der Waals surface area contributed by atoms with Gasteiger partial charge in [0.15, 0.2) is 0 Å². The lowest BCUT2D eigenvalue weighted by atomic mass is 9.71. The summed E-state index contributed by atoms with van der Waals surface area (Å²) in [7, 11) is 5.90. The largest absolute Gasteiger partial charge is 0.497 e. The standard InChI is InChI=1S/C23H29ClN2O2/c1-26(2)23(18-7-5-4-6-8-18)15-13-17(14-16-23)21(24)22(27)25-19-9-11-20(28-3)12-10-19/h4-12,17,21H,13-16H2,1-3H3,(H,25,27). The van der Waals surface area contributed by atoms with Crippen molar-refractivity contribution in [2.45, 2.75) is 36.6 Å². The monoisotopic (exact) mass is 400 g/mol. The number of carbonyl (C=O) groups is 1. The molecule has 0 heterocycles. The van der Waals surface area contributed by atoms with Crippen molar-refractivity contribution in [3.05, 3.63) is 60.2 Å². The molecule has 1 saturated carbocycles. The summed E-state index contributed by atoms with van der Waals surface area (Å²) >= 11 is 6.59. The lowest BCUT2D eigenvalue weighted by molar-refractivity contribution is -0.117. The number of ether oxygens (including phenoxy) is 1. The highest BCUT2D eigenvalue weighted by molar-refractivity contribution is 6.32. The number of hydrogen-bond acceptors (Lipinski definition) is 3. The molecular weight excluding hydrogens is 372 g/mol. The summed E-state index contributed by atoms with van der Waals surface area (Å²) in [5.41, 5.74) is 2.09. The zero-order chi connectivity index (χ0) is 20.1. The van der Waals surface area contributed by atoms with Gasteiger partial charge in [-0.15, -0.1) is 11.6 Å². The molecule has 0 bridgehead atoms. The number of alkyl halides is 1. The molecule has 1 N–H and O–H groups in total. The Bertz CT molecular complexity index is 769. The van der Waals surface area contributed by atoms with Crippen LogP contribution in [-0.4, -0.2) is 37.4 Å². The van der Waals surface area contributed by atoms with Crippen molar-refractivity contribution in [3.63, 3.8) is 0 Å². The van der Waals surface area contributed by atoms with Gasteiger partial charge >= 0.3 is 0 Å². The first-order valence-corrected chi connectivity index (χ1v) is 10.2. The number of halogens is 1. The third-order valence-corrected chi connectivity index (χ3v) is 6.60. The molecule has 3 rings (SSSR count). The van der Waals surface area contributed by atoms with Gasteiger partial charge in [-0.3, -0.25) is 9.69 Å². The van der Waals surface area contributed by atoms with E-state index in [0.717, 1.165) is 37.1 Å². The van der Waals surface area contributed by atoms with Crippen molar-refractivity contribution in [2.75, 3.05) is 26.5 Å². The fraction of sp³-hybridized carbons (Fsp3) is 0.435. The van der Waals surface area contributed by atoms with Crippen molar-refractivity contribution in [2.24, 2.45) is 5.92 Å². The maximum atomic E-state index is 12.6. The Hall–Kier alpha value is -2.04. The van der Waals surface area contributed by atoms with E-state index in [1.54, 1.807) is 7.11 Å². The molecular formula is C23H29ClN2O2. The average Bonchev–Trinajstić information content (AvgIpc) is 2.74. The van der Waals surface area contributed by atoms with Crippen molar-refractivity contribution in [1.29, 1.82) is 0 Å². The molecule has 2 aromatic carbocycles. The predicted octanol–water partition coefficient (Wildman–Crippen LogP) is 4.89. The molecule has 5 heteroatoms. The molecule has 1 aliphatic carbocycles. The van der Waals surface area contributed by atoms with Gasteiger partial charge in [-0.2, -0.15) is 0 Å². The van der Waals surface area contributed by atoms with E-state index in [2.05, 4.69) is 54.6 Å². The minimum atomic E-state index is -0.530. The van der Waals surface area contributed by atoms with Crippen LogP contribution >= 0.6 is 11.6 Å². The van der Waals surface area contributed by atoms with Crippen LogP contribution < -0.4 is 10.1 Å². The molecule has 0 aliphatic heterocycles. The fourth-order valence-corrected chi connectivity index (χ4v) is 4.56. The van der Waals surface area contributed by atoms with Crippen molar-refractivity contribution >= 4 is 23.2 Å². The molecule has 0 aromatic heterocycles. The summed E-state index contributed by atoms with van der Waals surface area (Å²) in [5, 5.41) is 2.40. The van der Waals surface area contributed by atoms with E-state index in [1.165, 1.54) is 5.56 Å². The SMILES string of the molecule is COc1ccc(NC(=O)C(Cl)C2CCC(c3ccccc3)(N(C)C)CC2)cc1. The topological polar surface area (TPSA) is 41.6 Å². The van der Waals surface area contributed by atoms with Crippen LogP contribution in [0.5, 0.6) is 5.75 Å². The Kier molecular flexibility index (Phi) is 6.63. The number of methoxy groups -OCH3 is 1. The van der Waals surface area contributed by atoms with Crippen LogP contribution in [0, 0.1) is 5.92 Å². The van der Waals surface area contributed by atoms with E-state index in [-0.39, 0.29) is 17.4 Å². The van der Waals surface area contributed by atoms with Crippen LogP contribution in [0.1, 0.15) is 31.2 Å². The molecule has 1 unspecified atom stereocenters. The molecule has 1 amide bonds. The maximum absolute atomic E-state index is 12.6. The lowest BCUT2D eigenvalue weighted by Gasteiger charge is -2.46. The second kappa shape index (κ2) is 8.97. The van der Waals surface area contributed by atoms with Gasteiger partial charge in [0, 0.05) is 11.2 Å². The van der Waals surface area contributed by atoms with Gasteiger partial charge in [0.1, 0.15) is 11.1 Å². The van der Waals surface area contributed by atoms with Gasteiger partial charge in [-0.05, 0) is 75.5 Å². The van der Waals surface area contributed by atoms with Crippen molar-refractivity contribution in [1.82, 2.24) is 4.90 Å². The normalized spacial score (nSPS) is 23.2. The zero-order valence-corrected chi connectivity index (χ0v) is 17.6. The number of rotatable bonds is 6. The Labute approximate surface area is 172 Å². The second-order valence-corrected chi connectivity index (χ2v) is 8.22. The van der Waals surface area contributed by atoms with Gasteiger partial charge < -0.3 is 10.1 Å². The highest BCUT2D eigenvalue weighted by Gasteiger charge is 2.41. The number of anilines is 1. The predicted molar refractivity (Wildman–Crippen MR) is 115 cm³/mol. The van der Waals surface area contributed by atoms with Crippen LogP contribution in [-0.2, 0) is 10.3 Å². The minimum Gasteiger partial charge on any atom is -0.497 e. The highest BCUT2D eigenvalue weighted by atomic mass is 35.5. The lowest BCUT2D eigenvalue weighted by Crippen LogP contribution is -2.46. The third-order valence-electron chi connectivity index (χ3n) is 6.05. The Balaban J connectivity index is 1.63. The van der Waals surface area contributed by atoms with E-state index in [4.69, 9.17) is 16.3 Å². The minimum absolute atomic E-state index is 0.0147. The summed E-state index contributed by atoms with van der Waals surface area (Å²) in [6, 6.07) is 18.0. The van der Waals surface area contributed by atoms with Crippen LogP contribution in [0.15, 0.2) is 54.6 Å². The molecule has 4 nitrogen and oxygen atoms in total.